The molecule has 0 aromatic heterocycles. The number of rotatable bonds is 8. The molecule has 0 amide bonds. The Morgan fingerprint density at radius 2 is 2.12 bits per heavy atom. The topological polar surface area (TPSA) is 21.3 Å². The van der Waals surface area contributed by atoms with Gasteiger partial charge in [-0.25, -0.2) is 4.39 Å². The number of aryl methyl sites for hydroxylation is 1. The van der Waals surface area contributed by atoms with Gasteiger partial charge in [0.05, 0.1) is 11.6 Å². The number of unbranched alkanes of at least 4 members (excludes halogenated alkanes) is 1. The standard InChI is InChI=1S/C13H19ClFNO/c1-17-10-9-16-8-3-2-5-11-6-4-7-12(15)13(11)14/h4,6-7,16H,2-3,5,8-10H2,1H3. The maximum atomic E-state index is 13.1. The highest BCUT2D eigenvalue weighted by molar-refractivity contribution is 6.31. The van der Waals surface area contributed by atoms with Gasteiger partial charge in [-0.15, -0.1) is 0 Å². The van der Waals surface area contributed by atoms with Crippen LogP contribution in [0.15, 0.2) is 18.2 Å². The first kappa shape index (κ1) is 14.4. The molecule has 0 heterocycles. The molecule has 0 radical (unpaired) electrons. The van der Waals surface area contributed by atoms with E-state index in [0.29, 0.717) is 0 Å². The number of hydrogen-bond donors (Lipinski definition) is 1. The first-order valence-corrected chi connectivity index (χ1v) is 6.26. The minimum absolute atomic E-state index is 0.264. The van der Waals surface area contributed by atoms with E-state index in [1.807, 2.05) is 6.07 Å². The van der Waals surface area contributed by atoms with Crippen LogP contribution in [0.4, 0.5) is 4.39 Å². The third-order valence-electron chi connectivity index (χ3n) is 2.56. The van der Waals surface area contributed by atoms with Crippen molar-refractivity contribution in [2.75, 3.05) is 26.8 Å². The van der Waals surface area contributed by atoms with E-state index >= 15 is 0 Å². The van der Waals surface area contributed by atoms with Gasteiger partial charge in [0.25, 0.3) is 0 Å². The molecular weight excluding hydrogens is 241 g/mol. The fourth-order valence-corrected chi connectivity index (χ4v) is 1.83. The Labute approximate surface area is 107 Å². The van der Waals surface area contributed by atoms with Crippen molar-refractivity contribution in [2.24, 2.45) is 0 Å². The summed E-state index contributed by atoms with van der Waals surface area (Å²) in [6, 6.07) is 4.97. The monoisotopic (exact) mass is 259 g/mol. The molecule has 96 valence electrons. The van der Waals surface area contributed by atoms with Crippen molar-refractivity contribution in [3.63, 3.8) is 0 Å². The summed E-state index contributed by atoms with van der Waals surface area (Å²) in [6.07, 6.45) is 2.88. The van der Waals surface area contributed by atoms with Crippen molar-refractivity contribution < 1.29 is 9.13 Å². The molecule has 1 aromatic carbocycles. The lowest BCUT2D eigenvalue weighted by Crippen LogP contribution is -2.20. The molecule has 0 aliphatic heterocycles. The third kappa shape index (κ3) is 5.48. The van der Waals surface area contributed by atoms with E-state index < -0.39 is 0 Å². The van der Waals surface area contributed by atoms with Crippen molar-refractivity contribution in [2.45, 2.75) is 19.3 Å². The second-order valence-corrected chi connectivity index (χ2v) is 4.29. The van der Waals surface area contributed by atoms with E-state index in [4.69, 9.17) is 16.3 Å². The Morgan fingerprint density at radius 1 is 1.29 bits per heavy atom. The van der Waals surface area contributed by atoms with Gasteiger partial charge in [-0.3, -0.25) is 0 Å². The zero-order valence-corrected chi connectivity index (χ0v) is 10.9. The van der Waals surface area contributed by atoms with Crippen LogP contribution in [0.25, 0.3) is 0 Å². The maximum Gasteiger partial charge on any atom is 0.142 e. The molecule has 0 aliphatic carbocycles. The lowest BCUT2D eigenvalue weighted by atomic mass is 10.1. The summed E-state index contributed by atoms with van der Waals surface area (Å²) in [5.74, 6) is -0.331. The molecule has 1 aromatic rings. The first-order valence-electron chi connectivity index (χ1n) is 5.88. The average Bonchev–Trinajstić information content (AvgIpc) is 2.33. The van der Waals surface area contributed by atoms with Crippen LogP contribution < -0.4 is 5.32 Å². The van der Waals surface area contributed by atoms with Crippen LogP contribution in [0.3, 0.4) is 0 Å². The number of benzene rings is 1. The Hall–Kier alpha value is -0.640. The summed E-state index contributed by atoms with van der Waals surface area (Å²) in [4.78, 5) is 0. The fourth-order valence-electron chi connectivity index (χ4n) is 1.61. The lowest BCUT2D eigenvalue weighted by molar-refractivity contribution is 0.199. The largest absolute Gasteiger partial charge is 0.383 e. The van der Waals surface area contributed by atoms with Crippen LogP contribution in [0.2, 0.25) is 5.02 Å². The van der Waals surface area contributed by atoms with E-state index in [-0.39, 0.29) is 10.8 Å². The van der Waals surface area contributed by atoms with Gasteiger partial charge < -0.3 is 10.1 Å². The van der Waals surface area contributed by atoms with Crippen LogP contribution in [0.1, 0.15) is 18.4 Å². The number of nitrogens with one attached hydrogen (secondary N) is 1. The van der Waals surface area contributed by atoms with Crippen molar-refractivity contribution in [3.05, 3.63) is 34.6 Å². The number of hydrogen-bond acceptors (Lipinski definition) is 2. The van der Waals surface area contributed by atoms with Gasteiger partial charge in [0.1, 0.15) is 5.82 Å². The van der Waals surface area contributed by atoms with Crippen LogP contribution >= 0.6 is 11.6 Å². The number of halogens is 2. The SMILES string of the molecule is COCCNCCCCc1cccc(F)c1Cl. The van der Waals surface area contributed by atoms with Crippen LogP contribution in [-0.4, -0.2) is 26.8 Å². The van der Waals surface area contributed by atoms with Crippen molar-refractivity contribution in [1.29, 1.82) is 0 Å². The van der Waals surface area contributed by atoms with Crippen LogP contribution in [0, 0.1) is 5.82 Å². The van der Waals surface area contributed by atoms with E-state index in [9.17, 15) is 4.39 Å². The van der Waals surface area contributed by atoms with Crippen molar-refractivity contribution in [1.82, 2.24) is 5.32 Å². The molecule has 2 nitrogen and oxygen atoms in total. The highest BCUT2D eigenvalue weighted by atomic mass is 35.5. The molecule has 0 aliphatic rings. The summed E-state index contributed by atoms with van der Waals surface area (Å²) in [6.45, 7) is 2.56. The molecule has 0 fully saturated rings. The molecule has 0 atom stereocenters. The average molecular weight is 260 g/mol. The summed E-state index contributed by atoms with van der Waals surface area (Å²) >= 11 is 5.87. The molecule has 0 spiro atoms. The van der Waals surface area contributed by atoms with E-state index in [1.54, 1.807) is 13.2 Å². The smallest absolute Gasteiger partial charge is 0.142 e. The Balaban J connectivity index is 2.16. The minimum Gasteiger partial charge on any atom is -0.383 e. The Kier molecular flexibility index (Phi) is 7.17. The van der Waals surface area contributed by atoms with Gasteiger partial charge in [-0.05, 0) is 37.4 Å². The molecule has 1 rings (SSSR count). The minimum atomic E-state index is -0.331. The van der Waals surface area contributed by atoms with E-state index in [2.05, 4.69) is 5.32 Å². The zero-order chi connectivity index (χ0) is 12.5. The predicted molar refractivity (Wildman–Crippen MR) is 69.1 cm³/mol. The lowest BCUT2D eigenvalue weighted by Gasteiger charge is -2.06. The summed E-state index contributed by atoms with van der Waals surface area (Å²) in [5.41, 5.74) is 0.892. The Morgan fingerprint density at radius 3 is 2.88 bits per heavy atom. The quantitative estimate of drug-likeness (QED) is 0.725. The summed E-state index contributed by atoms with van der Waals surface area (Å²) in [5, 5.41) is 3.53. The fraction of sp³-hybridized carbons (Fsp3) is 0.538. The molecule has 0 saturated carbocycles. The summed E-state index contributed by atoms with van der Waals surface area (Å²) in [7, 11) is 1.69. The van der Waals surface area contributed by atoms with Crippen LogP contribution in [-0.2, 0) is 11.2 Å². The molecule has 0 unspecified atom stereocenters. The van der Waals surface area contributed by atoms with Crippen molar-refractivity contribution in [3.8, 4) is 0 Å². The molecule has 17 heavy (non-hydrogen) atoms. The molecule has 4 heteroatoms. The second kappa shape index (κ2) is 8.45. The number of methoxy groups -OCH3 is 1. The predicted octanol–water partition coefficient (Wildman–Crippen LogP) is 3.04. The molecule has 1 N–H and O–H groups in total. The Bertz CT molecular complexity index is 333. The number of ether oxygens (including phenoxy) is 1. The molecular formula is C13H19ClFNO. The van der Waals surface area contributed by atoms with Crippen LogP contribution in [0.5, 0.6) is 0 Å². The van der Waals surface area contributed by atoms with Gasteiger partial charge in [-0.1, -0.05) is 23.7 Å². The van der Waals surface area contributed by atoms with Gasteiger partial charge in [0, 0.05) is 13.7 Å². The normalized spacial score (nSPS) is 10.8. The van der Waals surface area contributed by atoms with E-state index in [1.165, 1.54) is 6.07 Å². The van der Waals surface area contributed by atoms with Gasteiger partial charge in [-0.2, -0.15) is 0 Å². The van der Waals surface area contributed by atoms with Gasteiger partial charge >= 0.3 is 0 Å². The second-order valence-electron chi connectivity index (χ2n) is 3.91. The van der Waals surface area contributed by atoms with Crippen molar-refractivity contribution >= 4 is 11.6 Å². The molecule has 0 saturated heterocycles. The molecule has 0 bridgehead atoms. The van der Waals surface area contributed by atoms with E-state index in [0.717, 1.165) is 44.5 Å². The first-order chi connectivity index (χ1) is 8.25. The highest BCUT2D eigenvalue weighted by Crippen LogP contribution is 2.21. The highest BCUT2D eigenvalue weighted by Gasteiger charge is 2.04. The van der Waals surface area contributed by atoms with Gasteiger partial charge in [0.15, 0.2) is 0 Å². The third-order valence-corrected chi connectivity index (χ3v) is 2.99. The summed E-state index contributed by atoms with van der Waals surface area (Å²) < 4.78 is 18.1. The zero-order valence-electron chi connectivity index (χ0n) is 10.1. The maximum absolute atomic E-state index is 13.1. The van der Waals surface area contributed by atoms with Gasteiger partial charge in [0.2, 0.25) is 0 Å².